The third kappa shape index (κ3) is 3.33. The van der Waals surface area contributed by atoms with Crippen LogP contribution in [0.25, 0.3) is 28.0 Å². The molecule has 7 nitrogen and oxygen atoms in total. The molecule has 0 fully saturated rings. The van der Waals surface area contributed by atoms with E-state index in [4.69, 9.17) is 4.42 Å². The number of carbonyl (C=O) groups excluding carboxylic acids is 1. The first kappa shape index (κ1) is 17.8. The van der Waals surface area contributed by atoms with Crippen LogP contribution in [0.3, 0.4) is 0 Å². The number of amides is 1. The topological polar surface area (TPSA) is 85.8 Å². The fourth-order valence-corrected chi connectivity index (χ4v) is 3.29. The van der Waals surface area contributed by atoms with Crippen molar-refractivity contribution < 1.29 is 9.21 Å². The lowest BCUT2D eigenvalue weighted by Crippen LogP contribution is -2.12. The van der Waals surface area contributed by atoms with E-state index in [1.165, 1.54) is 0 Å². The minimum atomic E-state index is -0.268. The van der Waals surface area contributed by atoms with Crippen molar-refractivity contribution >= 4 is 22.7 Å². The van der Waals surface area contributed by atoms with Crippen molar-refractivity contribution in [2.75, 3.05) is 5.32 Å². The Kier molecular flexibility index (Phi) is 4.33. The van der Waals surface area contributed by atoms with Crippen LogP contribution in [0, 0.1) is 6.92 Å². The number of para-hydroxylation sites is 1. The quantitative estimate of drug-likeness (QED) is 0.479. The van der Waals surface area contributed by atoms with Crippen molar-refractivity contribution in [3.8, 4) is 16.9 Å². The van der Waals surface area contributed by atoms with Gasteiger partial charge in [-0.1, -0.05) is 18.2 Å². The highest BCUT2D eigenvalue weighted by Gasteiger charge is 2.19. The van der Waals surface area contributed by atoms with Gasteiger partial charge in [0.25, 0.3) is 5.91 Å². The minimum absolute atomic E-state index is 0.268. The van der Waals surface area contributed by atoms with E-state index in [-0.39, 0.29) is 5.91 Å². The fourth-order valence-electron chi connectivity index (χ4n) is 3.29. The summed E-state index contributed by atoms with van der Waals surface area (Å²) in [6, 6.07) is 18.7. The SMILES string of the molecule is Cc1nc2cc(NC(=O)c3cn(-c4ccccc4)nc3-c3cccnc3)ccc2o1. The van der Waals surface area contributed by atoms with Gasteiger partial charge in [0.15, 0.2) is 11.5 Å². The van der Waals surface area contributed by atoms with Gasteiger partial charge in [-0.05, 0) is 42.5 Å². The van der Waals surface area contributed by atoms with E-state index in [1.807, 2.05) is 42.5 Å². The third-order valence-corrected chi connectivity index (χ3v) is 4.67. The normalized spacial score (nSPS) is 11.0. The van der Waals surface area contributed by atoms with E-state index >= 15 is 0 Å². The Labute approximate surface area is 172 Å². The van der Waals surface area contributed by atoms with Crippen molar-refractivity contribution in [1.29, 1.82) is 0 Å². The molecule has 0 spiro atoms. The Morgan fingerprint density at radius 2 is 1.93 bits per heavy atom. The second-order valence-electron chi connectivity index (χ2n) is 6.78. The molecule has 0 radical (unpaired) electrons. The Balaban J connectivity index is 1.54. The Morgan fingerprint density at radius 1 is 1.07 bits per heavy atom. The third-order valence-electron chi connectivity index (χ3n) is 4.67. The van der Waals surface area contributed by atoms with E-state index in [0.29, 0.717) is 33.9 Å². The van der Waals surface area contributed by atoms with Gasteiger partial charge in [-0.25, -0.2) is 9.67 Å². The van der Waals surface area contributed by atoms with Gasteiger partial charge in [-0.2, -0.15) is 5.10 Å². The zero-order chi connectivity index (χ0) is 20.5. The van der Waals surface area contributed by atoms with Crippen LogP contribution in [0.15, 0.2) is 83.7 Å². The van der Waals surface area contributed by atoms with Crippen LogP contribution in [-0.4, -0.2) is 25.7 Å². The monoisotopic (exact) mass is 395 g/mol. The van der Waals surface area contributed by atoms with Gasteiger partial charge in [-0.3, -0.25) is 9.78 Å². The molecule has 3 heterocycles. The van der Waals surface area contributed by atoms with Crippen LogP contribution in [0.1, 0.15) is 16.2 Å². The van der Waals surface area contributed by atoms with Gasteiger partial charge >= 0.3 is 0 Å². The minimum Gasteiger partial charge on any atom is -0.441 e. The summed E-state index contributed by atoms with van der Waals surface area (Å²) in [5, 5.41) is 7.60. The molecule has 1 N–H and O–H groups in total. The molecule has 2 aromatic carbocycles. The predicted molar refractivity (Wildman–Crippen MR) is 113 cm³/mol. The molecule has 5 rings (SSSR count). The molecule has 146 valence electrons. The number of pyridine rings is 1. The first-order chi connectivity index (χ1) is 14.7. The first-order valence-electron chi connectivity index (χ1n) is 9.41. The molecule has 0 atom stereocenters. The maximum atomic E-state index is 13.2. The number of anilines is 1. The van der Waals surface area contributed by atoms with Gasteiger partial charge in [0.05, 0.1) is 11.3 Å². The Morgan fingerprint density at radius 3 is 2.73 bits per heavy atom. The van der Waals surface area contributed by atoms with Crippen molar-refractivity contribution in [2.45, 2.75) is 6.92 Å². The molecule has 0 unspecified atom stereocenters. The summed E-state index contributed by atoms with van der Waals surface area (Å²) in [5.74, 6) is 0.312. The van der Waals surface area contributed by atoms with E-state index in [2.05, 4.69) is 20.4 Å². The second-order valence-corrected chi connectivity index (χ2v) is 6.78. The number of hydrogen-bond donors (Lipinski definition) is 1. The van der Waals surface area contributed by atoms with Crippen molar-refractivity contribution in [1.82, 2.24) is 19.7 Å². The lowest BCUT2D eigenvalue weighted by atomic mass is 10.1. The highest BCUT2D eigenvalue weighted by Crippen LogP contribution is 2.25. The molecule has 0 aliphatic heterocycles. The van der Waals surface area contributed by atoms with Crippen LogP contribution in [0.2, 0.25) is 0 Å². The summed E-state index contributed by atoms with van der Waals surface area (Å²) in [6.45, 7) is 1.79. The number of fused-ring (bicyclic) bond motifs is 1. The molecule has 3 aromatic heterocycles. The number of nitrogens with zero attached hydrogens (tertiary/aromatic N) is 4. The van der Waals surface area contributed by atoms with E-state index in [1.54, 1.807) is 48.4 Å². The second kappa shape index (κ2) is 7.29. The number of rotatable bonds is 4. The standard InChI is InChI=1S/C23H17N5O2/c1-15-25-20-12-17(9-10-21(20)30-15)26-23(29)19-14-28(18-7-3-2-4-8-18)27-22(19)16-6-5-11-24-13-16/h2-14H,1H3,(H,26,29). The average Bonchev–Trinajstić information content (AvgIpc) is 3.38. The molecular weight excluding hydrogens is 378 g/mol. The number of nitrogens with one attached hydrogen (secondary N) is 1. The van der Waals surface area contributed by atoms with Gasteiger partial charge in [0.1, 0.15) is 11.2 Å². The zero-order valence-corrected chi connectivity index (χ0v) is 16.1. The lowest BCUT2D eigenvalue weighted by molar-refractivity contribution is 0.102. The summed E-state index contributed by atoms with van der Waals surface area (Å²) in [5.41, 5.74) is 4.63. The van der Waals surface area contributed by atoms with Crippen LogP contribution < -0.4 is 5.32 Å². The van der Waals surface area contributed by atoms with Crippen LogP contribution in [-0.2, 0) is 0 Å². The Bertz CT molecular complexity index is 1340. The van der Waals surface area contributed by atoms with E-state index in [9.17, 15) is 4.79 Å². The van der Waals surface area contributed by atoms with Gasteiger partial charge in [-0.15, -0.1) is 0 Å². The maximum absolute atomic E-state index is 13.2. The number of aryl methyl sites for hydroxylation is 1. The smallest absolute Gasteiger partial charge is 0.259 e. The fraction of sp³-hybridized carbons (Fsp3) is 0.0435. The number of oxazole rings is 1. The van der Waals surface area contributed by atoms with E-state index in [0.717, 1.165) is 11.3 Å². The summed E-state index contributed by atoms with van der Waals surface area (Å²) in [6.07, 6.45) is 5.11. The number of benzene rings is 2. The number of aromatic nitrogens is 4. The largest absolute Gasteiger partial charge is 0.441 e. The van der Waals surface area contributed by atoms with Gasteiger partial charge < -0.3 is 9.73 Å². The van der Waals surface area contributed by atoms with Gasteiger partial charge in [0, 0.05) is 36.8 Å². The molecule has 30 heavy (non-hydrogen) atoms. The van der Waals surface area contributed by atoms with Crippen molar-refractivity contribution in [2.24, 2.45) is 0 Å². The summed E-state index contributed by atoms with van der Waals surface area (Å²) in [7, 11) is 0. The molecule has 0 saturated carbocycles. The number of hydrogen-bond acceptors (Lipinski definition) is 5. The molecule has 0 saturated heterocycles. The number of carbonyl (C=O) groups is 1. The average molecular weight is 395 g/mol. The van der Waals surface area contributed by atoms with Crippen molar-refractivity contribution in [3.05, 3.63) is 90.7 Å². The van der Waals surface area contributed by atoms with Gasteiger partial charge in [0.2, 0.25) is 0 Å². The summed E-state index contributed by atoms with van der Waals surface area (Å²) in [4.78, 5) is 21.6. The van der Waals surface area contributed by atoms with Crippen molar-refractivity contribution in [3.63, 3.8) is 0 Å². The van der Waals surface area contributed by atoms with Crippen LogP contribution in [0.5, 0.6) is 0 Å². The highest BCUT2D eigenvalue weighted by atomic mass is 16.3. The molecule has 1 amide bonds. The van der Waals surface area contributed by atoms with E-state index < -0.39 is 0 Å². The molecule has 7 heteroatoms. The lowest BCUT2D eigenvalue weighted by Gasteiger charge is -2.05. The highest BCUT2D eigenvalue weighted by molar-refractivity contribution is 6.08. The zero-order valence-electron chi connectivity index (χ0n) is 16.1. The predicted octanol–water partition coefficient (Wildman–Crippen LogP) is 4.64. The van der Waals surface area contributed by atoms with Crippen LogP contribution in [0.4, 0.5) is 5.69 Å². The summed E-state index contributed by atoms with van der Waals surface area (Å²) >= 11 is 0. The molecular formula is C23H17N5O2. The molecule has 0 bridgehead atoms. The maximum Gasteiger partial charge on any atom is 0.259 e. The first-order valence-corrected chi connectivity index (χ1v) is 9.41. The molecule has 0 aliphatic carbocycles. The molecule has 5 aromatic rings. The summed E-state index contributed by atoms with van der Waals surface area (Å²) < 4.78 is 7.19. The van der Waals surface area contributed by atoms with Crippen LogP contribution >= 0.6 is 0 Å². The Hall–Kier alpha value is -4.26. The molecule has 0 aliphatic rings.